The molecule has 3 rings (SSSR count). The van der Waals surface area contributed by atoms with Gasteiger partial charge in [-0.1, -0.05) is 0 Å². The predicted octanol–water partition coefficient (Wildman–Crippen LogP) is 3.98. The van der Waals surface area contributed by atoms with Crippen LogP contribution in [0, 0.1) is 11.6 Å². The summed E-state index contributed by atoms with van der Waals surface area (Å²) in [4.78, 5) is -1.14. The van der Waals surface area contributed by atoms with Crippen molar-refractivity contribution < 1.29 is 44.6 Å². The van der Waals surface area contributed by atoms with Gasteiger partial charge in [-0.3, -0.25) is 0 Å². The lowest BCUT2D eigenvalue weighted by atomic mass is 10.1. The van der Waals surface area contributed by atoms with Crippen LogP contribution >= 0.6 is 0 Å². The molecule has 1 N–H and O–H groups in total. The molecule has 146 valence electrons. The average molecular weight is 412 g/mol. The van der Waals surface area contributed by atoms with Gasteiger partial charge in [-0.05, 0) is 24.3 Å². The first-order chi connectivity index (χ1) is 12.4. The Bertz CT molecular complexity index is 1010. The highest BCUT2D eigenvalue weighted by Crippen LogP contribution is 2.50. The monoisotopic (exact) mass is 412 g/mol. The van der Waals surface area contributed by atoms with Crippen molar-refractivity contribution in [3.05, 3.63) is 53.1 Å². The summed E-state index contributed by atoms with van der Waals surface area (Å²) < 4.78 is 109. The maximum absolute atomic E-state index is 13.9. The quantitative estimate of drug-likeness (QED) is 0.772. The molecule has 0 saturated heterocycles. The van der Waals surface area contributed by atoms with Gasteiger partial charge in [-0.2, -0.15) is 8.78 Å². The predicted molar refractivity (Wildman–Crippen MR) is 79.7 cm³/mol. The SMILES string of the molecule is O=S(=O)(c1ccc(Oc2ccc(F)c(F)c2)c2c1C(O)C(F)(F)C2)C(F)F. The summed E-state index contributed by atoms with van der Waals surface area (Å²) in [6, 6.07) is 3.75. The molecule has 0 bridgehead atoms. The highest BCUT2D eigenvalue weighted by atomic mass is 32.2. The van der Waals surface area contributed by atoms with E-state index in [-0.39, 0.29) is 5.75 Å². The summed E-state index contributed by atoms with van der Waals surface area (Å²) in [5.41, 5.74) is -1.42. The Labute approximate surface area is 148 Å². The van der Waals surface area contributed by atoms with Crippen molar-refractivity contribution in [1.82, 2.24) is 0 Å². The zero-order chi connectivity index (χ0) is 20.1. The molecule has 0 aliphatic heterocycles. The van der Waals surface area contributed by atoms with E-state index >= 15 is 0 Å². The largest absolute Gasteiger partial charge is 0.457 e. The first-order valence-corrected chi connectivity index (χ1v) is 8.86. The van der Waals surface area contributed by atoms with Crippen LogP contribution in [-0.2, 0) is 16.3 Å². The maximum Gasteiger partial charge on any atom is 0.341 e. The van der Waals surface area contributed by atoms with Crippen LogP contribution in [0.3, 0.4) is 0 Å². The number of halogens is 6. The highest BCUT2D eigenvalue weighted by Gasteiger charge is 2.51. The molecule has 4 nitrogen and oxygen atoms in total. The van der Waals surface area contributed by atoms with Crippen LogP contribution in [0.1, 0.15) is 17.2 Å². The molecule has 1 unspecified atom stereocenters. The first-order valence-electron chi connectivity index (χ1n) is 7.32. The van der Waals surface area contributed by atoms with Crippen LogP contribution in [0.5, 0.6) is 11.5 Å². The Hall–Kier alpha value is -2.27. The Kier molecular flexibility index (Phi) is 4.63. The minimum atomic E-state index is -5.28. The van der Waals surface area contributed by atoms with E-state index in [9.17, 15) is 39.9 Å². The zero-order valence-corrected chi connectivity index (χ0v) is 13.9. The third kappa shape index (κ3) is 3.25. The van der Waals surface area contributed by atoms with Crippen molar-refractivity contribution in [3.63, 3.8) is 0 Å². The van der Waals surface area contributed by atoms with Crippen molar-refractivity contribution in [2.45, 2.75) is 29.1 Å². The number of alkyl halides is 4. The number of ether oxygens (including phenoxy) is 1. The molecular formula is C16H10F6O4S. The third-order valence-electron chi connectivity index (χ3n) is 4.02. The maximum atomic E-state index is 13.9. The van der Waals surface area contributed by atoms with Crippen molar-refractivity contribution in [2.24, 2.45) is 0 Å². The van der Waals surface area contributed by atoms with Crippen LogP contribution in [0.15, 0.2) is 35.2 Å². The summed E-state index contributed by atoms with van der Waals surface area (Å²) in [6.07, 6.45) is -3.83. The van der Waals surface area contributed by atoms with Crippen LogP contribution in [0.2, 0.25) is 0 Å². The topological polar surface area (TPSA) is 63.6 Å². The lowest BCUT2D eigenvalue weighted by Crippen LogP contribution is -2.23. The fourth-order valence-electron chi connectivity index (χ4n) is 2.76. The second kappa shape index (κ2) is 6.41. The molecule has 1 aliphatic carbocycles. The highest BCUT2D eigenvalue weighted by molar-refractivity contribution is 7.91. The lowest BCUT2D eigenvalue weighted by Gasteiger charge is -2.16. The van der Waals surface area contributed by atoms with Crippen LogP contribution in [0.4, 0.5) is 26.3 Å². The van der Waals surface area contributed by atoms with E-state index in [0.717, 1.165) is 12.1 Å². The number of benzene rings is 2. The Morgan fingerprint density at radius 1 is 1.11 bits per heavy atom. The third-order valence-corrected chi connectivity index (χ3v) is 5.46. The summed E-state index contributed by atoms with van der Waals surface area (Å²) in [5, 5.41) is 9.78. The molecule has 0 radical (unpaired) electrons. The van der Waals surface area contributed by atoms with Crippen LogP contribution in [-0.4, -0.2) is 25.2 Å². The van der Waals surface area contributed by atoms with E-state index in [4.69, 9.17) is 4.74 Å². The van der Waals surface area contributed by atoms with E-state index in [1.54, 1.807) is 0 Å². The van der Waals surface area contributed by atoms with Gasteiger partial charge in [0.25, 0.3) is 5.92 Å². The van der Waals surface area contributed by atoms with Gasteiger partial charge in [0.1, 0.15) is 17.6 Å². The summed E-state index contributed by atoms with van der Waals surface area (Å²) in [6.45, 7) is 0. The van der Waals surface area contributed by atoms with Crippen LogP contribution in [0.25, 0.3) is 0 Å². The molecule has 27 heavy (non-hydrogen) atoms. The first kappa shape index (κ1) is 19.5. The van der Waals surface area contributed by atoms with Gasteiger partial charge in [0.15, 0.2) is 11.6 Å². The molecule has 2 aromatic carbocycles. The lowest BCUT2D eigenvalue weighted by molar-refractivity contribution is -0.0976. The Morgan fingerprint density at radius 3 is 2.37 bits per heavy atom. The van der Waals surface area contributed by atoms with E-state index in [2.05, 4.69) is 0 Å². The molecule has 0 aromatic heterocycles. The number of sulfone groups is 1. The van der Waals surface area contributed by atoms with Gasteiger partial charge in [-0.25, -0.2) is 26.0 Å². The molecular weight excluding hydrogens is 402 g/mol. The molecule has 0 spiro atoms. The summed E-state index contributed by atoms with van der Waals surface area (Å²) >= 11 is 0. The number of aliphatic hydroxyl groups is 1. The minimum absolute atomic E-state index is 0.301. The number of fused-ring (bicyclic) bond motifs is 1. The average Bonchev–Trinajstić information content (AvgIpc) is 2.82. The molecule has 1 aliphatic rings. The number of aliphatic hydroxyl groups excluding tert-OH is 1. The van der Waals surface area contributed by atoms with Crippen molar-refractivity contribution in [1.29, 1.82) is 0 Å². The molecule has 11 heteroatoms. The van der Waals surface area contributed by atoms with Gasteiger partial charge in [-0.15, -0.1) is 0 Å². The van der Waals surface area contributed by atoms with E-state index in [1.807, 2.05) is 0 Å². The second-order valence-electron chi connectivity index (χ2n) is 5.78. The van der Waals surface area contributed by atoms with E-state index in [1.165, 1.54) is 0 Å². The fourth-order valence-corrected chi connectivity index (χ4v) is 3.75. The summed E-state index contributed by atoms with van der Waals surface area (Å²) in [7, 11) is -5.28. The van der Waals surface area contributed by atoms with Crippen molar-refractivity contribution in [3.8, 4) is 11.5 Å². The number of hydrogen-bond acceptors (Lipinski definition) is 4. The second-order valence-corrected chi connectivity index (χ2v) is 7.66. The Balaban J connectivity index is 2.15. The van der Waals surface area contributed by atoms with E-state index in [0.29, 0.717) is 18.2 Å². The molecule has 0 fully saturated rings. The number of rotatable bonds is 4. The van der Waals surface area contributed by atoms with E-state index < -0.39 is 67.4 Å². The molecule has 0 heterocycles. The smallest absolute Gasteiger partial charge is 0.341 e. The zero-order valence-electron chi connectivity index (χ0n) is 13.1. The molecule has 2 aromatic rings. The fraction of sp³-hybridized carbons (Fsp3) is 0.250. The normalized spacial score (nSPS) is 18.6. The van der Waals surface area contributed by atoms with Gasteiger partial charge in [0.2, 0.25) is 9.84 Å². The van der Waals surface area contributed by atoms with Crippen molar-refractivity contribution in [2.75, 3.05) is 0 Å². The molecule has 0 amide bonds. The van der Waals surface area contributed by atoms with Gasteiger partial charge >= 0.3 is 5.76 Å². The van der Waals surface area contributed by atoms with Gasteiger partial charge < -0.3 is 9.84 Å². The van der Waals surface area contributed by atoms with Crippen LogP contribution < -0.4 is 4.74 Å². The number of hydrogen-bond donors (Lipinski definition) is 1. The minimum Gasteiger partial charge on any atom is -0.457 e. The molecule has 1 atom stereocenters. The van der Waals surface area contributed by atoms with Crippen molar-refractivity contribution >= 4 is 9.84 Å². The molecule has 0 saturated carbocycles. The summed E-state index contributed by atoms with van der Waals surface area (Å²) in [5.74, 6) is -10.9. The standard InChI is InChI=1S/C16H10F6O4S/c17-9-2-1-7(5-10(9)18)26-11-3-4-12(27(24,25)15(19)20)13-8(11)6-16(21,22)14(13)23/h1-5,14-15,23H,6H2. The van der Waals surface area contributed by atoms with Gasteiger partial charge in [0, 0.05) is 23.6 Å². The Morgan fingerprint density at radius 2 is 1.78 bits per heavy atom. The van der Waals surface area contributed by atoms with Gasteiger partial charge in [0.05, 0.1) is 4.90 Å².